The molecule has 2 saturated heterocycles. The zero-order chi connectivity index (χ0) is 23.4. The van der Waals surface area contributed by atoms with Gasteiger partial charge in [0.05, 0.1) is 17.4 Å². The zero-order valence-electron chi connectivity index (χ0n) is 18.8. The van der Waals surface area contributed by atoms with E-state index in [0.717, 1.165) is 18.8 Å². The second kappa shape index (κ2) is 8.25. The maximum absolute atomic E-state index is 14.5. The van der Waals surface area contributed by atoms with Gasteiger partial charge in [0, 0.05) is 56.2 Å². The van der Waals surface area contributed by atoms with Crippen LogP contribution in [0.3, 0.4) is 0 Å². The van der Waals surface area contributed by atoms with E-state index in [9.17, 15) is 9.18 Å². The molecule has 34 heavy (non-hydrogen) atoms. The highest BCUT2D eigenvalue weighted by Gasteiger charge is 2.37. The lowest BCUT2D eigenvalue weighted by Gasteiger charge is -2.36. The summed E-state index contributed by atoms with van der Waals surface area (Å²) in [5.41, 5.74) is 2.53. The summed E-state index contributed by atoms with van der Waals surface area (Å²) in [6.45, 7) is 2.24. The molecule has 3 aliphatic heterocycles. The molecule has 10 heteroatoms. The van der Waals surface area contributed by atoms with Crippen LogP contribution in [0.1, 0.15) is 29.6 Å². The number of hydrogen-bond acceptors (Lipinski definition) is 7. The maximum atomic E-state index is 14.5. The van der Waals surface area contributed by atoms with Crippen molar-refractivity contribution in [2.45, 2.75) is 31.3 Å². The van der Waals surface area contributed by atoms with E-state index in [0.29, 0.717) is 35.8 Å². The number of nitrogens with zero attached hydrogens (tertiary/aromatic N) is 5. The Balaban J connectivity index is 1.21. The Morgan fingerprint density at radius 3 is 2.79 bits per heavy atom. The minimum Gasteiger partial charge on any atom is -0.366 e. The van der Waals surface area contributed by atoms with Crippen molar-refractivity contribution in [3.8, 4) is 0 Å². The van der Waals surface area contributed by atoms with Gasteiger partial charge in [-0.25, -0.2) is 9.37 Å². The number of rotatable bonds is 4. The molecule has 1 aromatic carbocycles. The van der Waals surface area contributed by atoms with Crippen LogP contribution in [-0.4, -0.2) is 59.7 Å². The van der Waals surface area contributed by atoms with Crippen molar-refractivity contribution in [2.24, 2.45) is 0 Å². The number of hydrogen-bond donors (Lipinski definition) is 2. The molecule has 0 spiro atoms. The number of anilines is 4. The van der Waals surface area contributed by atoms with Gasteiger partial charge in [-0.05, 0) is 37.1 Å². The summed E-state index contributed by atoms with van der Waals surface area (Å²) in [7, 11) is 1.81. The van der Waals surface area contributed by atoms with Crippen LogP contribution in [0.2, 0.25) is 0 Å². The molecule has 2 N–H and O–H groups in total. The highest BCUT2D eigenvalue weighted by Crippen LogP contribution is 2.36. The lowest BCUT2D eigenvalue weighted by molar-refractivity contribution is 0.0793. The van der Waals surface area contributed by atoms with E-state index in [1.54, 1.807) is 18.0 Å². The van der Waals surface area contributed by atoms with Crippen LogP contribution in [0.5, 0.6) is 0 Å². The smallest absolute Gasteiger partial charge is 0.265 e. The van der Waals surface area contributed by atoms with Crippen LogP contribution < -0.4 is 20.4 Å². The molecule has 2 atom stereocenters. The van der Waals surface area contributed by atoms with E-state index in [1.807, 2.05) is 12.1 Å². The van der Waals surface area contributed by atoms with Gasteiger partial charge in [0.15, 0.2) is 0 Å². The molecule has 4 aliphatic rings. The van der Waals surface area contributed by atoms with Crippen molar-refractivity contribution >= 4 is 40.6 Å². The number of amides is 1. The van der Waals surface area contributed by atoms with Crippen LogP contribution in [-0.2, 0) is 0 Å². The number of allylic oxidation sites excluding steroid dienone is 3. The quantitative estimate of drug-likeness (QED) is 0.689. The Morgan fingerprint density at radius 2 is 2.09 bits per heavy atom. The van der Waals surface area contributed by atoms with Gasteiger partial charge in [0.25, 0.3) is 5.91 Å². The first-order valence-corrected chi connectivity index (χ1v) is 11.9. The van der Waals surface area contributed by atoms with E-state index >= 15 is 0 Å². The number of benzene rings is 1. The summed E-state index contributed by atoms with van der Waals surface area (Å²) in [4.78, 5) is 27.7. The summed E-state index contributed by atoms with van der Waals surface area (Å²) >= 11 is 6.24. The monoisotopic (exact) mass is 481 g/mol. The molecule has 8 nitrogen and oxygen atoms in total. The first-order chi connectivity index (χ1) is 16.5. The van der Waals surface area contributed by atoms with Gasteiger partial charge in [0.1, 0.15) is 17.2 Å². The Morgan fingerprint density at radius 1 is 1.26 bits per heavy atom. The highest BCUT2D eigenvalue weighted by atomic mass is 35.5. The number of carbonyl (C=O) groups excluding carboxylic acids is 1. The summed E-state index contributed by atoms with van der Waals surface area (Å²) < 4.78 is 14.5. The number of fused-ring (bicyclic) bond motifs is 3. The van der Waals surface area contributed by atoms with Crippen LogP contribution in [0.25, 0.3) is 0 Å². The summed E-state index contributed by atoms with van der Waals surface area (Å²) in [6.07, 6.45) is 5.19. The predicted octanol–water partition coefficient (Wildman–Crippen LogP) is 3.72. The van der Waals surface area contributed by atoms with Crippen molar-refractivity contribution < 1.29 is 9.18 Å². The Bertz CT molecular complexity index is 1210. The molecule has 0 unspecified atom stereocenters. The van der Waals surface area contributed by atoms with E-state index in [-0.39, 0.29) is 35.6 Å². The van der Waals surface area contributed by atoms with Crippen molar-refractivity contribution in [1.82, 2.24) is 20.2 Å². The number of halogens is 2. The Hall–Kier alpha value is -3.17. The van der Waals surface area contributed by atoms with Crippen LogP contribution >= 0.6 is 11.6 Å². The van der Waals surface area contributed by atoms with E-state index in [2.05, 4.69) is 37.6 Å². The first-order valence-electron chi connectivity index (χ1n) is 11.5. The predicted molar refractivity (Wildman–Crippen MR) is 130 cm³/mol. The molecule has 6 rings (SSSR count). The standard InChI is InChI=1S/C24H25ClFN7O/c1-31-13-33(21-19(25)3-2-4-20(21)26)23(34)18-11-28-24(30-22(18)31)29-14-5-7-16(8-6-14)32-12-15-9-17(32)10-27-15/h3,5-8,11,15,17,27H,2,4,9-10,12-13H2,1H3,(H,28,29,30)/t15-,17-/m0/s1. The summed E-state index contributed by atoms with van der Waals surface area (Å²) in [5.74, 6) is 0.147. The minimum atomic E-state index is -0.377. The number of piperazine rings is 1. The van der Waals surface area contributed by atoms with Gasteiger partial charge in [-0.3, -0.25) is 9.69 Å². The number of nitrogens with one attached hydrogen (secondary N) is 2. The minimum absolute atomic E-state index is 0.139. The van der Waals surface area contributed by atoms with E-state index < -0.39 is 0 Å². The maximum Gasteiger partial charge on any atom is 0.265 e. The third-order valence-electron chi connectivity index (χ3n) is 6.91. The molecule has 2 fully saturated rings. The molecule has 2 aromatic rings. The third-order valence-corrected chi connectivity index (χ3v) is 7.24. The normalized spacial score (nSPS) is 24.0. The van der Waals surface area contributed by atoms with E-state index in [1.165, 1.54) is 23.2 Å². The number of aromatic nitrogens is 2. The van der Waals surface area contributed by atoms with Crippen molar-refractivity contribution in [1.29, 1.82) is 0 Å². The molecular formula is C24H25ClFN7O. The van der Waals surface area contributed by atoms with Crippen LogP contribution in [0.4, 0.5) is 27.5 Å². The van der Waals surface area contributed by atoms with Crippen molar-refractivity contribution in [3.05, 3.63) is 58.7 Å². The third kappa shape index (κ3) is 3.59. The average Bonchev–Trinajstić information content (AvgIpc) is 3.47. The highest BCUT2D eigenvalue weighted by molar-refractivity contribution is 6.32. The fourth-order valence-electron chi connectivity index (χ4n) is 5.22. The lowest BCUT2D eigenvalue weighted by Crippen LogP contribution is -2.45. The fourth-order valence-corrected chi connectivity index (χ4v) is 5.54. The fraction of sp³-hybridized carbons (Fsp3) is 0.375. The van der Waals surface area contributed by atoms with Gasteiger partial charge in [0.2, 0.25) is 5.95 Å². The van der Waals surface area contributed by atoms with Gasteiger partial charge in [-0.1, -0.05) is 17.7 Å². The molecule has 176 valence electrons. The molecule has 0 radical (unpaired) electrons. The Labute approximate surface area is 202 Å². The SMILES string of the molecule is CN1CN(C2=C(F)CCC=C2Cl)C(=O)c2cnc(Nc3ccc(N4C[C@@H]5C[C@H]4CN5)cc3)nc21. The Kier molecular flexibility index (Phi) is 5.18. The zero-order valence-corrected chi connectivity index (χ0v) is 19.5. The molecule has 1 amide bonds. The molecule has 1 aliphatic carbocycles. The topological polar surface area (TPSA) is 76.6 Å². The summed E-state index contributed by atoms with van der Waals surface area (Å²) in [6, 6.07) is 9.42. The molecule has 4 heterocycles. The second-order valence-corrected chi connectivity index (χ2v) is 9.57. The van der Waals surface area contributed by atoms with Crippen LogP contribution in [0, 0.1) is 0 Å². The molecule has 1 aromatic heterocycles. The average molecular weight is 482 g/mol. The first kappa shape index (κ1) is 21.4. The van der Waals surface area contributed by atoms with Gasteiger partial charge in [-0.2, -0.15) is 4.98 Å². The molecule has 0 saturated carbocycles. The van der Waals surface area contributed by atoms with Gasteiger partial charge >= 0.3 is 0 Å². The summed E-state index contributed by atoms with van der Waals surface area (Å²) in [5, 5.41) is 7.01. The van der Waals surface area contributed by atoms with E-state index in [4.69, 9.17) is 11.6 Å². The number of carbonyl (C=O) groups is 1. The molecular weight excluding hydrogens is 457 g/mol. The van der Waals surface area contributed by atoms with Crippen molar-refractivity contribution in [2.75, 3.05) is 41.9 Å². The van der Waals surface area contributed by atoms with Crippen molar-refractivity contribution in [3.63, 3.8) is 0 Å². The largest absolute Gasteiger partial charge is 0.366 e. The van der Waals surface area contributed by atoms with Crippen LogP contribution in [0.15, 0.2) is 53.1 Å². The van der Waals surface area contributed by atoms with Gasteiger partial charge < -0.3 is 20.4 Å². The van der Waals surface area contributed by atoms with Gasteiger partial charge in [-0.15, -0.1) is 0 Å². The molecule has 2 bridgehead atoms. The lowest BCUT2D eigenvalue weighted by atomic mass is 10.1. The second-order valence-electron chi connectivity index (χ2n) is 9.17.